The van der Waals surface area contributed by atoms with Gasteiger partial charge in [0.15, 0.2) is 6.10 Å². The van der Waals surface area contributed by atoms with Crippen molar-refractivity contribution in [2.24, 2.45) is 11.8 Å². The molecule has 0 bridgehead atoms. The van der Waals surface area contributed by atoms with Crippen LogP contribution in [0, 0.1) is 11.8 Å². The SMILES string of the molecule is O=C(OC(c1ccccc1)c1ccccc1)[C@@H]1[C@@H]2C(=O)N(c3ccc4ccccc4c3)C(=O)[C@H]2[C@@H]2C=Cc3ccccc3N12. The predicted molar refractivity (Wildman–Crippen MR) is 170 cm³/mol. The monoisotopic (exact) mass is 576 g/mol. The summed E-state index contributed by atoms with van der Waals surface area (Å²) in [4.78, 5) is 46.3. The Labute approximate surface area is 254 Å². The van der Waals surface area contributed by atoms with Crippen LogP contribution in [0.2, 0.25) is 0 Å². The van der Waals surface area contributed by atoms with Crippen LogP contribution in [0.4, 0.5) is 11.4 Å². The second kappa shape index (κ2) is 10.3. The highest BCUT2D eigenvalue weighted by molar-refractivity contribution is 6.25. The third-order valence-corrected chi connectivity index (χ3v) is 9.09. The maximum Gasteiger partial charge on any atom is 0.330 e. The summed E-state index contributed by atoms with van der Waals surface area (Å²) in [6, 6.07) is 38.9. The molecule has 2 amide bonds. The van der Waals surface area contributed by atoms with E-state index in [0.29, 0.717) is 5.69 Å². The van der Waals surface area contributed by atoms with Crippen molar-refractivity contribution in [3.63, 3.8) is 0 Å². The number of nitrogens with zero attached hydrogens (tertiary/aromatic N) is 2. The molecule has 0 radical (unpaired) electrons. The minimum absolute atomic E-state index is 0.299. The molecule has 6 heteroatoms. The molecule has 214 valence electrons. The van der Waals surface area contributed by atoms with E-state index in [9.17, 15) is 14.4 Å². The van der Waals surface area contributed by atoms with E-state index in [0.717, 1.165) is 33.2 Å². The second-order valence-corrected chi connectivity index (χ2v) is 11.5. The van der Waals surface area contributed by atoms with E-state index in [1.54, 1.807) is 6.07 Å². The van der Waals surface area contributed by atoms with Crippen LogP contribution in [0.15, 0.2) is 133 Å². The topological polar surface area (TPSA) is 66.9 Å². The first kappa shape index (κ1) is 26.2. The van der Waals surface area contributed by atoms with Crippen molar-refractivity contribution >= 4 is 46.0 Å². The number of rotatable bonds is 5. The number of esters is 1. The van der Waals surface area contributed by atoms with E-state index < -0.39 is 36.0 Å². The zero-order chi connectivity index (χ0) is 29.8. The molecule has 2 fully saturated rings. The van der Waals surface area contributed by atoms with Gasteiger partial charge < -0.3 is 9.64 Å². The number of hydrogen-bond acceptors (Lipinski definition) is 5. The Morgan fingerprint density at radius 3 is 2.00 bits per heavy atom. The lowest BCUT2D eigenvalue weighted by molar-refractivity contribution is -0.151. The maximum atomic E-state index is 14.5. The van der Waals surface area contributed by atoms with E-state index in [2.05, 4.69) is 0 Å². The highest BCUT2D eigenvalue weighted by Crippen LogP contribution is 2.50. The Kier molecular flexibility index (Phi) is 6.15. The van der Waals surface area contributed by atoms with Gasteiger partial charge >= 0.3 is 5.97 Å². The number of carbonyl (C=O) groups excluding carboxylic acids is 3. The lowest BCUT2D eigenvalue weighted by atomic mass is 9.88. The molecule has 3 heterocycles. The highest BCUT2D eigenvalue weighted by atomic mass is 16.5. The number of carbonyl (C=O) groups is 3. The molecular weight excluding hydrogens is 548 g/mol. The quantitative estimate of drug-likeness (QED) is 0.175. The van der Waals surface area contributed by atoms with Crippen molar-refractivity contribution in [3.8, 4) is 0 Å². The largest absolute Gasteiger partial charge is 0.451 e. The first-order valence-electron chi connectivity index (χ1n) is 14.8. The van der Waals surface area contributed by atoms with Crippen LogP contribution in [-0.2, 0) is 19.1 Å². The van der Waals surface area contributed by atoms with E-state index in [1.165, 1.54) is 4.90 Å². The van der Waals surface area contributed by atoms with Crippen LogP contribution in [0.5, 0.6) is 0 Å². The van der Waals surface area contributed by atoms with Crippen LogP contribution in [0.25, 0.3) is 16.8 Å². The van der Waals surface area contributed by atoms with Gasteiger partial charge in [0.1, 0.15) is 6.04 Å². The molecule has 8 rings (SSSR count). The second-order valence-electron chi connectivity index (χ2n) is 11.5. The standard InChI is InChI=1S/C38H28N2O4/c41-36-32-31-22-20-25-12-9-10-18-30(25)40(31)34(33(32)37(42)39(36)29-21-19-24-11-7-8-17-28(24)23-29)38(43)44-35(26-13-3-1-4-14-26)27-15-5-2-6-16-27/h1-23,31-35H/t31-,32-,33+,34-/m0/s1. The predicted octanol–water partition coefficient (Wildman–Crippen LogP) is 6.56. The molecule has 0 aliphatic carbocycles. The zero-order valence-corrected chi connectivity index (χ0v) is 23.7. The summed E-state index contributed by atoms with van der Waals surface area (Å²) in [6.45, 7) is 0. The van der Waals surface area contributed by atoms with Crippen LogP contribution < -0.4 is 9.80 Å². The Morgan fingerprint density at radius 2 is 1.27 bits per heavy atom. The molecule has 0 saturated carbocycles. The molecule has 4 atom stereocenters. The van der Waals surface area contributed by atoms with Crippen LogP contribution in [0.1, 0.15) is 22.8 Å². The van der Waals surface area contributed by atoms with Gasteiger partial charge in [-0.25, -0.2) is 9.69 Å². The number of fused-ring (bicyclic) bond motifs is 6. The number of para-hydroxylation sites is 1. The molecule has 2 saturated heterocycles. The molecule has 6 nitrogen and oxygen atoms in total. The molecule has 0 spiro atoms. The minimum Gasteiger partial charge on any atom is -0.451 e. The van der Waals surface area contributed by atoms with Gasteiger partial charge in [-0.1, -0.05) is 121 Å². The van der Waals surface area contributed by atoms with E-state index in [-0.39, 0.29) is 11.8 Å². The smallest absolute Gasteiger partial charge is 0.330 e. The summed E-state index contributed by atoms with van der Waals surface area (Å²) in [5.74, 6) is -2.86. The molecule has 5 aromatic carbocycles. The van der Waals surface area contributed by atoms with E-state index in [1.807, 2.05) is 138 Å². The molecule has 3 aliphatic heterocycles. The zero-order valence-electron chi connectivity index (χ0n) is 23.7. The number of hydrogen-bond donors (Lipinski definition) is 0. The van der Waals surface area contributed by atoms with Gasteiger partial charge in [0.25, 0.3) is 0 Å². The molecule has 0 N–H and O–H groups in total. The third kappa shape index (κ3) is 4.06. The van der Waals surface area contributed by atoms with Crippen molar-refractivity contribution in [1.29, 1.82) is 0 Å². The summed E-state index contributed by atoms with van der Waals surface area (Å²) in [5.41, 5.74) is 3.89. The van der Waals surface area contributed by atoms with Gasteiger partial charge in [0.05, 0.1) is 23.6 Å². The average Bonchev–Trinajstić information content (AvgIpc) is 3.56. The van der Waals surface area contributed by atoms with Crippen LogP contribution in [-0.4, -0.2) is 29.9 Å². The molecular formula is C38H28N2O4. The molecule has 5 aromatic rings. The highest BCUT2D eigenvalue weighted by Gasteiger charge is 2.65. The molecule has 3 aliphatic rings. The minimum atomic E-state index is -0.993. The van der Waals surface area contributed by atoms with Crippen molar-refractivity contribution in [3.05, 3.63) is 150 Å². The van der Waals surface area contributed by atoms with Gasteiger partial charge in [0, 0.05) is 5.69 Å². The van der Waals surface area contributed by atoms with Gasteiger partial charge in [-0.15, -0.1) is 0 Å². The van der Waals surface area contributed by atoms with Crippen LogP contribution in [0.3, 0.4) is 0 Å². The lowest BCUT2D eigenvalue weighted by Gasteiger charge is -2.36. The van der Waals surface area contributed by atoms with Gasteiger partial charge in [-0.2, -0.15) is 0 Å². The normalized spacial score (nSPS) is 21.8. The third-order valence-electron chi connectivity index (χ3n) is 9.09. The summed E-state index contributed by atoms with van der Waals surface area (Å²) < 4.78 is 6.37. The Bertz CT molecular complexity index is 1910. The Balaban J connectivity index is 1.22. The van der Waals surface area contributed by atoms with Gasteiger partial charge in [-0.05, 0) is 45.7 Å². The fourth-order valence-electron chi connectivity index (χ4n) is 7.12. The van der Waals surface area contributed by atoms with Crippen molar-refractivity contribution < 1.29 is 19.1 Å². The first-order chi connectivity index (χ1) is 21.6. The lowest BCUT2D eigenvalue weighted by Crippen LogP contribution is -2.49. The Morgan fingerprint density at radius 1 is 0.659 bits per heavy atom. The fourth-order valence-corrected chi connectivity index (χ4v) is 7.12. The van der Waals surface area contributed by atoms with Crippen LogP contribution >= 0.6 is 0 Å². The van der Waals surface area contributed by atoms with Gasteiger partial charge in [0.2, 0.25) is 11.8 Å². The average molecular weight is 577 g/mol. The number of imide groups is 1. The number of amides is 2. The summed E-state index contributed by atoms with van der Waals surface area (Å²) in [5, 5.41) is 1.95. The molecule has 0 aromatic heterocycles. The van der Waals surface area contributed by atoms with Crippen molar-refractivity contribution in [2.75, 3.05) is 9.80 Å². The summed E-state index contributed by atoms with van der Waals surface area (Å²) in [7, 11) is 0. The first-order valence-corrected chi connectivity index (χ1v) is 14.8. The van der Waals surface area contributed by atoms with Crippen molar-refractivity contribution in [2.45, 2.75) is 18.2 Å². The maximum absolute atomic E-state index is 14.5. The van der Waals surface area contributed by atoms with Crippen molar-refractivity contribution in [1.82, 2.24) is 0 Å². The van der Waals surface area contributed by atoms with E-state index >= 15 is 0 Å². The van der Waals surface area contributed by atoms with Gasteiger partial charge in [-0.3, -0.25) is 9.59 Å². The Hall–Kier alpha value is -5.49. The fraction of sp³-hybridized carbons (Fsp3) is 0.132. The van der Waals surface area contributed by atoms with E-state index in [4.69, 9.17) is 4.74 Å². The molecule has 0 unspecified atom stereocenters. The number of benzene rings is 5. The number of anilines is 2. The summed E-state index contributed by atoms with van der Waals surface area (Å²) in [6.07, 6.45) is 3.25. The molecule has 44 heavy (non-hydrogen) atoms. The number of ether oxygens (including phenoxy) is 1. The summed E-state index contributed by atoms with van der Waals surface area (Å²) >= 11 is 0.